The number of fused-ring (bicyclic) bond motifs is 1. The van der Waals surface area contributed by atoms with Crippen LogP contribution >= 0.6 is 0 Å². The summed E-state index contributed by atoms with van der Waals surface area (Å²) in [4.78, 5) is 25.8. The number of cyclic esters (lactones) is 1. The molecule has 1 aromatic rings. The molecule has 3 heterocycles. The summed E-state index contributed by atoms with van der Waals surface area (Å²) in [6.45, 7) is 0.737. The van der Waals surface area contributed by atoms with Gasteiger partial charge in [-0.1, -0.05) is 12.1 Å². The van der Waals surface area contributed by atoms with E-state index in [0.29, 0.717) is 31.4 Å². The summed E-state index contributed by atoms with van der Waals surface area (Å²) in [5.74, 6) is -0.820. The van der Waals surface area contributed by atoms with Crippen LogP contribution in [0.15, 0.2) is 33.6 Å². The van der Waals surface area contributed by atoms with Gasteiger partial charge in [-0.05, 0) is 25.0 Å². The minimum absolute atomic E-state index is 0.142. The smallest absolute Gasteiger partial charge is 0.347 e. The van der Waals surface area contributed by atoms with E-state index >= 15 is 0 Å². The molecule has 0 amide bonds. The van der Waals surface area contributed by atoms with Gasteiger partial charge in [0.2, 0.25) is 6.10 Å². The first-order chi connectivity index (χ1) is 12.0. The summed E-state index contributed by atoms with van der Waals surface area (Å²) in [5, 5.41) is 0. The second kappa shape index (κ2) is 5.83. The number of likely N-dealkylation sites (tertiary alicyclic amines) is 1. The third-order valence-electron chi connectivity index (χ3n) is 4.56. The average molecular weight is 364 g/mol. The molecule has 0 spiro atoms. The topological polar surface area (TPSA) is 102 Å². The van der Waals surface area contributed by atoms with Crippen LogP contribution in [0.1, 0.15) is 24.8 Å². The second-order valence-corrected chi connectivity index (χ2v) is 7.69. The predicted octanol–water partition coefficient (Wildman–Crippen LogP) is 0.459. The molecule has 25 heavy (non-hydrogen) atoms. The highest BCUT2D eigenvalue weighted by atomic mass is 32.2. The summed E-state index contributed by atoms with van der Waals surface area (Å²) >= 11 is 0. The normalized spacial score (nSPS) is 27.0. The number of ether oxygens (including phenoxy) is 2. The van der Waals surface area contributed by atoms with Crippen LogP contribution in [0.25, 0.3) is 0 Å². The number of carbonyl (C=O) groups excluding carboxylic acids is 2. The Labute approximate surface area is 144 Å². The molecule has 0 unspecified atom stereocenters. The standard InChI is InChI=1S/C16H16N2O6S/c19-15(24-12-7-9-23-16(12)20)11-5-3-8-18(11)14-10-4-1-2-6-13(10)25(21,22)17-14/h1-2,4,6,11-12H,3,5,7-9H2/t11-,12-/m0/s1. The Kier molecular flexibility index (Phi) is 3.75. The molecule has 3 aliphatic heterocycles. The molecule has 3 aliphatic rings. The van der Waals surface area contributed by atoms with Crippen LogP contribution in [0.5, 0.6) is 0 Å². The van der Waals surface area contributed by atoms with Gasteiger partial charge in [-0.25, -0.2) is 9.59 Å². The molecule has 8 nitrogen and oxygen atoms in total. The zero-order chi connectivity index (χ0) is 17.6. The van der Waals surface area contributed by atoms with Crippen LogP contribution in [-0.2, 0) is 29.1 Å². The first-order valence-electron chi connectivity index (χ1n) is 8.05. The summed E-state index contributed by atoms with van der Waals surface area (Å²) in [5.41, 5.74) is 0.488. The third kappa shape index (κ3) is 2.68. The lowest BCUT2D eigenvalue weighted by Crippen LogP contribution is -2.43. The number of sulfonamides is 1. The minimum Gasteiger partial charge on any atom is -0.463 e. The summed E-state index contributed by atoms with van der Waals surface area (Å²) < 4.78 is 38.4. The van der Waals surface area contributed by atoms with Crippen molar-refractivity contribution in [2.45, 2.75) is 36.3 Å². The molecule has 9 heteroatoms. The van der Waals surface area contributed by atoms with E-state index in [-0.39, 0.29) is 17.3 Å². The molecule has 0 saturated carbocycles. The highest BCUT2D eigenvalue weighted by Gasteiger charge is 2.41. The number of nitrogens with zero attached hydrogens (tertiary/aromatic N) is 2. The van der Waals surface area contributed by atoms with Gasteiger partial charge in [0.25, 0.3) is 10.0 Å². The van der Waals surface area contributed by atoms with Crippen molar-refractivity contribution in [1.29, 1.82) is 0 Å². The van der Waals surface area contributed by atoms with Gasteiger partial charge >= 0.3 is 11.9 Å². The number of carbonyl (C=O) groups is 2. The van der Waals surface area contributed by atoms with Crippen LogP contribution in [-0.4, -0.2) is 56.4 Å². The molecule has 2 atom stereocenters. The van der Waals surface area contributed by atoms with Gasteiger partial charge in [0.15, 0.2) is 5.84 Å². The quantitative estimate of drug-likeness (QED) is 0.702. The summed E-state index contributed by atoms with van der Waals surface area (Å²) in [7, 11) is -3.75. The zero-order valence-corrected chi connectivity index (χ0v) is 14.1. The van der Waals surface area contributed by atoms with Crippen molar-refractivity contribution in [2.75, 3.05) is 13.2 Å². The SMILES string of the molecule is O=C1OCC[C@@H]1OC(=O)[C@@H]1CCCN1C1=NS(=O)(=O)c2ccccc21. The maximum atomic E-state index is 12.5. The Morgan fingerprint density at radius 2 is 2.08 bits per heavy atom. The number of amidine groups is 1. The van der Waals surface area contributed by atoms with Gasteiger partial charge in [-0.3, -0.25) is 0 Å². The van der Waals surface area contributed by atoms with Crippen LogP contribution in [0.4, 0.5) is 0 Å². The molecule has 1 aromatic carbocycles. The van der Waals surface area contributed by atoms with E-state index in [1.807, 2.05) is 0 Å². The van der Waals surface area contributed by atoms with Crippen molar-refractivity contribution < 1.29 is 27.5 Å². The lowest BCUT2D eigenvalue weighted by Gasteiger charge is -2.25. The molecule has 132 valence electrons. The highest BCUT2D eigenvalue weighted by Crippen LogP contribution is 2.31. The van der Waals surface area contributed by atoms with Crippen LogP contribution < -0.4 is 0 Å². The molecular weight excluding hydrogens is 348 g/mol. The van der Waals surface area contributed by atoms with Gasteiger partial charge in [0.05, 0.1) is 6.61 Å². The first kappa shape index (κ1) is 16.1. The van der Waals surface area contributed by atoms with Crippen LogP contribution in [0.3, 0.4) is 0 Å². The maximum Gasteiger partial charge on any atom is 0.347 e. The van der Waals surface area contributed by atoms with E-state index in [9.17, 15) is 18.0 Å². The number of esters is 2. The van der Waals surface area contributed by atoms with E-state index < -0.39 is 34.1 Å². The van der Waals surface area contributed by atoms with E-state index in [4.69, 9.17) is 9.47 Å². The van der Waals surface area contributed by atoms with E-state index in [1.165, 1.54) is 6.07 Å². The van der Waals surface area contributed by atoms with Crippen molar-refractivity contribution >= 4 is 27.8 Å². The number of hydrogen-bond donors (Lipinski definition) is 0. The fourth-order valence-corrected chi connectivity index (χ4v) is 4.58. The number of benzene rings is 1. The Morgan fingerprint density at radius 3 is 2.84 bits per heavy atom. The lowest BCUT2D eigenvalue weighted by atomic mass is 10.1. The Bertz CT molecular complexity index is 878. The number of rotatable bonds is 2. The molecular formula is C16H16N2O6S. The van der Waals surface area contributed by atoms with Crippen molar-refractivity contribution in [3.8, 4) is 0 Å². The van der Waals surface area contributed by atoms with Gasteiger partial charge < -0.3 is 14.4 Å². The van der Waals surface area contributed by atoms with Crippen molar-refractivity contribution in [3.63, 3.8) is 0 Å². The molecule has 0 radical (unpaired) electrons. The van der Waals surface area contributed by atoms with E-state index in [2.05, 4.69) is 4.40 Å². The van der Waals surface area contributed by atoms with Crippen molar-refractivity contribution in [3.05, 3.63) is 29.8 Å². The molecule has 0 aromatic heterocycles. The highest BCUT2D eigenvalue weighted by molar-refractivity contribution is 7.90. The second-order valence-electron chi connectivity index (χ2n) is 6.12. The Hall–Kier alpha value is -2.42. The Balaban J connectivity index is 1.60. The fourth-order valence-electron chi connectivity index (χ4n) is 3.36. The van der Waals surface area contributed by atoms with Gasteiger partial charge in [-0.15, -0.1) is 4.40 Å². The average Bonchev–Trinajstić information content (AvgIpc) is 3.27. The van der Waals surface area contributed by atoms with Gasteiger partial charge in [0.1, 0.15) is 10.9 Å². The largest absolute Gasteiger partial charge is 0.463 e. The zero-order valence-electron chi connectivity index (χ0n) is 13.3. The molecule has 0 aliphatic carbocycles. The first-order valence-corrected chi connectivity index (χ1v) is 9.49. The molecule has 2 fully saturated rings. The van der Waals surface area contributed by atoms with Crippen LogP contribution in [0, 0.1) is 0 Å². The van der Waals surface area contributed by atoms with Gasteiger partial charge in [-0.2, -0.15) is 8.42 Å². The third-order valence-corrected chi connectivity index (χ3v) is 5.88. The predicted molar refractivity (Wildman–Crippen MR) is 85.3 cm³/mol. The van der Waals surface area contributed by atoms with Crippen molar-refractivity contribution in [2.24, 2.45) is 4.40 Å². The lowest BCUT2D eigenvalue weighted by molar-refractivity contribution is -0.162. The molecule has 4 rings (SSSR count). The van der Waals surface area contributed by atoms with Crippen LogP contribution in [0.2, 0.25) is 0 Å². The monoisotopic (exact) mass is 364 g/mol. The van der Waals surface area contributed by atoms with Crippen molar-refractivity contribution in [1.82, 2.24) is 4.90 Å². The molecule has 0 bridgehead atoms. The minimum atomic E-state index is -3.75. The van der Waals surface area contributed by atoms with E-state index in [0.717, 1.165) is 0 Å². The summed E-state index contributed by atoms with van der Waals surface area (Å²) in [6, 6.07) is 5.88. The fraction of sp³-hybridized carbons (Fsp3) is 0.438. The maximum absolute atomic E-state index is 12.5. The summed E-state index contributed by atoms with van der Waals surface area (Å²) in [6.07, 6.45) is 0.685. The number of hydrogen-bond acceptors (Lipinski definition) is 7. The Morgan fingerprint density at radius 1 is 1.28 bits per heavy atom. The van der Waals surface area contributed by atoms with Gasteiger partial charge in [0, 0.05) is 18.5 Å². The molecule has 2 saturated heterocycles. The molecule has 0 N–H and O–H groups in total. The van der Waals surface area contributed by atoms with E-state index in [1.54, 1.807) is 23.1 Å².